The molecule has 0 spiro atoms. The van der Waals surface area contributed by atoms with Gasteiger partial charge in [0.15, 0.2) is 0 Å². The number of rotatable bonds is 2. The summed E-state index contributed by atoms with van der Waals surface area (Å²) in [6.07, 6.45) is 0. The van der Waals surface area contributed by atoms with Crippen molar-refractivity contribution in [1.82, 2.24) is 0 Å². The van der Waals surface area contributed by atoms with Gasteiger partial charge in [0.25, 0.3) is 0 Å². The summed E-state index contributed by atoms with van der Waals surface area (Å²) in [5.74, 6) is 0.848. The zero-order chi connectivity index (χ0) is 11.0. The van der Waals surface area contributed by atoms with E-state index in [2.05, 4.69) is 55.1 Å². The van der Waals surface area contributed by atoms with Gasteiger partial charge in [-0.05, 0) is 16.3 Å². The molecule has 1 aliphatic heterocycles. The van der Waals surface area contributed by atoms with Gasteiger partial charge in [0, 0.05) is 5.75 Å². The quantitative estimate of drug-likeness (QED) is 0.780. The van der Waals surface area contributed by atoms with Crippen LogP contribution in [0.25, 0.3) is 10.8 Å². The van der Waals surface area contributed by atoms with Crippen LogP contribution in [-0.4, -0.2) is 19.0 Å². The molecule has 2 aromatic carbocycles. The van der Waals surface area contributed by atoms with Crippen molar-refractivity contribution in [2.24, 2.45) is 0 Å². The molecule has 1 aliphatic rings. The summed E-state index contributed by atoms with van der Waals surface area (Å²) in [4.78, 5) is 0. The van der Waals surface area contributed by atoms with E-state index in [1.165, 1.54) is 16.3 Å². The van der Waals surface area contributed by atoms with Gasteiger partial charge in [-0.2, -0.15) is 12.6 Å². The number of ether oxygens (including phenoxy) is 1. The monoisotopic (exact) mass is 230 g/mol. The van der Waals surface area contributed by atoms with E-state index in [1.807, 2.05) is 0 Å². The van der Waals surface area contributed by atoms with E-state index in [-0.39, 0.29) is 5.41 Å². The summed E-state index contributed by atoms with van der Waals surface area (Å²) in [6, 6.07) is 15.0. The van der Waals surface area contributed by atoms with Crippen LogP contribution in [0.3, 0.4) is 0 Å². The van der Waals surface area contributed by atoms with Gasteiger partial charge in [-0.25, -0.2) is 0 Å². The molecule has 0 aliphatic carbocycles. The van der Waals surface area contributed by atoms with Crippen LogP contribution in [0.5, 0.6) is 0 Å². The third-order valence-corrected chi connectivity index (χ3v) is 4.03. The standard InChI is InChI=1S/C14H14OS/c16-10-14(8-15-9-14)13-7-3-5-11-4-1-2-6-12(11)13/h1-7,16H,8-10H2. The van der Waals surface area contributed by atoms with Gasteiger partial charge in [-0.3, -0.25) is 0 Å². The van der Waals surface area contributed by atoms with Crippen molar-refractivity contribution in [1.29, 1.82) is 0 Å². The highest BCUT2D eigenvalue weighted by Gasteiger charge is 2.39. The lowest BCUT2D eigenvalue weighted by molar-refractivity contribution is -0.0463. The number of hydrogen-bond acceptors (Lipinski definition) is 2. The summed E-state index contributed by atoms with van der Waals surface area (Å²) < 4.78 is 5.38. The largest absolute Gasteiger partial charge is 0.379 e. The third kappa shape index (κ3) is 1.37. The first-order chi connectivity index (χ1) is 7.86. The second-order valence-electron chi connectivity index (χ2n) is 4.46. The van der Waals surface area contributed by atoms with Crippen LogP contribution in [0.4, 0.5) is 0 Å². The maximum Gasteiger partial charge on any atom is 0.0593 e. The molecule has 0 saturated carbocycles. The van der Waals surface area contributed by atoms with Crippen molar-refractivity contribution in [2.75, 3.05) is 19.0 Å². The maximum absolute atomic E-state index is 5.38. The van der Waals surface area contributed by atoms with E-state index in [0.29, 0.717) is 0 Å². The molecule has 0 radical (unpaired) electrons. The molecule has 1 nitrogen and oxygen atoms in total. The van der Waals surface area contributed by atoms with Crippen molar-refractivity contribution in [3.05, 3.63) is 48.0 Å². The second kappa shape index (κ2) is 3.79. The Hall–Kier alpha value is -0.990. The lowest BCUT2D eigenvalue weighted by Gasteiger charge is -2.41. The minimum Gasteiger partial charge on any atom is -0.379 e. The van der Waals surface area contributed by atoms with Crippen molar-refractivity contribution < 1.29 is 4.74 Å². The Balaban J connectivity index is 2.23. The molecular formula is C14H14OS. The molecule has 82 valence electrons. The SMILES string of the molecule is SCC1(c2cccc3ccccc23)COC1. The Kier molecular flexibility index (Phi) is 2.41. The maximum atomic E-state index is 5.38. The minimum absolute atomic E-state index is 0.129. The topological polar surface area (TPSA) is 9.23 Å². The zero-order valence-corrected chi connectivity index (χ0v) is 9.91. The highest BCUT2D eigenvalue weighted by Crippen LogP contribution is 2.37. The number of hydrogen-bond donors (Lipinski definition) is 1. The van der Waals surface area contributed by atoms with Crippen molar-refractivity contribution >= 4 is 23.4 Å². The molecule has 16 heavy (non-hydrogen) atoms. The van der Waals surface area contributed by atoms with Gasteiger partial charge in [0.05, 0.1) is 18.6 Å². The van der Waals surface area contributed by atoms with Crippen LogP contribution >= 0.6 is 12.6 Å². The highest BCUT2D eigenvalue weighted by molar-refractivity contribution is 7.80. The summed E-state index contributed by atoms with van der Waals surface area (Å²) in [6.45, 7) is 1.59. The zero-order valence-electron chi connectivity index (χ0n) is 9.02. The Morgan fingerprint density at radius 3 is 2.50 bits per heavy atom. The second-order valence-corrected chi connectivity index (χ2v) is 4.77. The smallest absolute Gasteiger partial charge is 0.0593 e. The molecule has 1 saturated heterocycles. The molecule has 2 aromatic rings. The highest BCUT2D eigenvalue weighted by atomic mass is 32.1. The van der Waals surface area contributed by atoms with Gasteiger partial charge in [0.1, 0.15) is 0 Å². The Morgan fingerprint density at radius 1 is 1.06 bits per heavy atom. The van der Waals surface area contributed by atoms with Crippen molar-refractivity contribution in [3.63, 3.8) is 0 Å². The van der Waals surface area contributed by atoms with E-state index < -0.39 is 0 Å². The summed E-state index contributed by atoms with van der Waals surface area (Å²) in [5.41, 5.74) is 1.51. The van der Waals surface area contributed by atoms with Gasteiger partial charge < -0.3 is 4.74 Å². The van der Waals surface area contributed by atoms with Crippen LogP contribution in [-0.2, 0) is 10.2 Å². The fourth-order valence-electron chi connectivity index (χ4n) is 2.37. The van der Waals surface area contributed by atoms with Crippen LogP contribution in [0.2, 0.25) is 0 Å². The van der Waals surface area contributed by atoms with Gasteiger partial charge in [-0.15, -0.1) is 0 Å². The van der Waals surface area contributed by atoms with Gasteiger partial charge in [0.2, 0.25) is 0 Å². The first kappa shape index (κ1) is 10.2. The fourth-order valence-corrected chi connectivity index (χ4v) is 2.72. The molecule has 1 heterocycles. The predicted octanol–water partition coefficient (Wildman–Crippen LogP) is 3.04. The van der Waals surface area contributed by atoms with Crippen molar-refractivity contribution in [2.45, 2.75) is 5.41 Å². The molecule has 2 heteroatoms. The fraction of sp³-hybridized carbons (Fsp3) is 0.286. The van der Waals surface area contributed by atoms with Crippen LogP contribution in [0, 0.1) is 0 Å². The van der Waals surface area contributed by atoms with E-state index in [1.54, 1.807) is 0 Å². The Bertz CT molecular complexity index is 506. The lowest BCUT2D eigenvalue weighted by atomic mass is 9.78. The molecule has 0 bridgehead atoms. The molecule has 0 atom stereocenters. The molecule has 3 rings (SSSR count). The number of thiol groups is 1. The lowest BCUT2D eigenvalue weighted by Crippen LogP contribution is -2.48. The van der Waals surface area contributed by atoms with Crippen LogP contribution in [0.1, 0.15) is 5.56 Å². The van der Waals surface area contributed by atoms with Crippen LogP contribution < -0.4 is 0 Å². The Morgan fingerprint density at radius 2 is 1.81 bits per heavy atom. The average Bonchev–Trinajstić information content (AvgIpc) is 2.29. The van der Waals surface area contributed by atoms with E-state index in [9.17, 15) is 0 Å². The molecule has 0 unspecified atom stereocenters. The summed E-state index contributed by atoms with van der Waals surface area (Å²) in [5, 5.41) is 2.63. The predicted molar refractivity (Wildman–Crippen MR) is 70.3 cm³/mol. The van der Waals surface area contributed by atoms with E-state index in [0.717, 1.165) is 19.0 Å². The summed E-state index contributed by atoms with van der Waals surface area (Å²) in [7, 11) is 0. The Labute approximate surface area is 101 Å². The van der Waals surface area contributed by atoms with E-state index in [4.69, 9.17) is 4.74 Å². The van der Waals surface area contributed by atoms with Gasteiger partial charge in [-0.1, -0.05) is 42.5 Å². The average molecular weight is 230 g/mol. The molecule has 0 aromatic heterocycles. The first-order valence-corrected chi connectivity index (χ1v) is 6.16. The molecule has 1 fully saturated rings. The molecule has 0 N–H and O–H groups in total. The normalized spacial score (nSPS) is 18.3. The van der Waals surface area contributed by atoms with E-state index >= 15 is 0 Å². The van der Waals surface area contributed by atoms with Gasteiger partial charge >= 0.3 is 0 Å². The minimum atomic E-state index is 0.129. The van der Waals surface area contributed by atoms with Crippen molar-refractivity contribution in [3.8, 4) is 0 Å². The molecular weight excluding hydrogens is 216 g/mol. The first-order valence-electron chi connectivity index (χ1n) is 5.53. The number of fused-ring (bicyclic) bond motifs is 1. The molecule has 0 amide bonds. The van der Waals surface area contributed by atoms with Crippen LogP contribution in [0.15, 0.2) is 42.5 Å². The third-order valence-electron chi connectivity index (χ3n) is 3.42. The number of benzene rings is 2. The summed E-state index contributed by atoms with van der Waals surface area (Å²) >= 11 is 4.49.